The summed E-state index contributed by atoms with van der Waals surface area (Å²) in [6.07, 6.45) is 0. The van der Waals surface area contributed by atoms with Crippen LogP contribution in [0.3, 0.4) is 0 Å². The van der Waals surface area contributed by atoms with Crippen molar-refractivity contribution in [1.29, 1.82) is 0 Å². The highest BCUT2D eigenvalue weighted by atomic mass is 19.1. The van der Waals surface area contributed by atoms with Gasteiger partial charge in [0.1, 0.15) is 5.82 Å². The Hall–Kier alpha value is -1.07. The molecule has 0 heterocycles. The maximum Gasteiger partial charge on any atom is 0.491 e. The average molecular weight is 169 g/mol. The Kier molecular flexibility index (Phi) is 2.67. The smallest absolute Gasteiger partial charge is 0.423 e. The van der Waals surface area contributed by atoms with Gasteiger partial charge in [-0.1, -0.05) is 0 Å². The molecule has 0 fully saturated rings. The fourth-order valence-electron chi connectivity index (χ4n) is 0.897. The summed E-state index contributed by atoms with van der Waals surface area (Å²) in [7, 11) is -0.0980. The van der Waals surface area contributed by atoms with Gasteiger partial charge in [0.15, 0.2) is 0 Å². The first kappa shape index (κ1) is 9.03. The number of nitrogens with one attached hydrogen (secondary N) is 1. The summed E-state index contributed by atoms with van der Waals surface area (Å²) >= 11 is 0. The van der Waals surface area contributed by atoms with Crippen molar-refractivity contribution in [2.24, 2.45) is 0 Å². The molecule has 0 saturated carbocycles. The van der Waals surface area contributed by atoms with E-state index < -0.39 is 12.9 Å². The lowest BCUT2D eigenvalue weighted by Gasteiger charge is -2.04. The van der Waals surface area contributed by atoms with E-state index in [4.69, 9.17) is 10.0 Å². The Bertz CT molecular complexity index is 280. The van der Waals surface area contributed by atoms with Crippen molar-refractivity contribution in [3.8, 4) is 0 Å². The van der Waals surface area contributed by atoms with Crippen LogP contribution >= 0.6 is 0 Å². The highest BCUT2D eigenvalue weighted by Gasteiger charge is 2.16. The van der Waals surface area contributed by atoms with Gasteiger partial charge in [0, 0.05) is 18.2 Å². The summed E-state index contributed by atoms with van der Waals surface area (Å²) in [5.74, 6) is -0.621. The van der Waals surface area contributed by atoms with Gasteiger partial charge in [0.05, 0.1) is 0 Å². The first-order valence-electron chi connectivity index (χ1n) is 3.48. The molecule has 0 aromatic heterocycles. The van der Waals surface area contributed by atoms with Gasteiger partial charge < -0.3 is 15.4 Å². The van der Waals surface area contributed by atoms with Gasteiger partial charge in [-0.15, -0.1) is 0 Å². The van der Waals surface area contributed by atoms with E-state index in [1.54, 1.807) is 7.05 Å². The van der Waals surface area contributed by atoms with E-state index in [1.165, 1.54) is 18.2 Å². The molecule has 5 heteroatoms. The van der Waals surface area contributed by atoms with E-state index in [2.05, 4.69) is 5.32 Å². The molecule has 0 spiro atoms. The van der Waals surface area contributed by atoms with Gasteiger partial charge in [-0.05, 0) is 18.2 Å². The third kappa shape index (κ3) is 1.75. The summed E-state index contributed by atoms with van der Waals surface area (Å²) in [5.41, 5.74) is 0.515. The van der Waals surface area contributed by atoms with Crippen LogP contribution < -0.4 is 10.8 Å². The van der Waals surface area contributed by atoms with Gasteiger partial charge in [-0.3, -0.25) is 0 Å². The van der Waals surface area contributed by atoms with Crippen molar-refractivity contribution in [3.63, 3.8) is 0 Å². The largest absolute Gasteiger partial charge is 0.491 e. The third-order valence-corrected chi connectivity index (χ3v) is 1.56. The van der Waals surface area contributed by atoms with Crippen LogP contribution in [0.1, 0.15) is 0 Å². The van der Waals surface area contributed by atoms with Crippen molar-refractivity contribution in [1.82, 2.24) is 0 Å². The molecular formula is C7H9BFNO2. The molecule has 0 radical (unpaired) electrons. The zero-order valence-corrected chi connectivity index (χ0v) is 6.58. The van der Waals surface area contributed by atoms with Crippen LogP contribution in [0.5, 0.6) is 0 Å². The lowest BCUT2D eigenvalue weighted by Crippen LogP contribution is -2.32. The zero-order valence-electron chi connectivity index (χ0n) is 6.58. The molecule has 0 atom stereocenters. The molecule has 3 nitrogen and oxygen atoms in total. The van der Waals surface area contributed by atoms with Crippen molar-refractivity contribution in [3.05, 3.63) is 24.0 Å². The number of hydrogen-bond donors (Lipinski definition) is 3. The van der Waals surface area contributed by atoms with Crippen LogP contribution in [-0.4, -0.2) is 24.2 Å². The average Bonchev–Trinajstić information content (AvgIpc) is 2.05. The standard InChI is InChI=1S/C7H9BFNO2/c1-10-5-2-3-7(9)6(4-5)8(11)12/h2-4,10-12H,1H3. The van der Waals surface area contributed by atoms with Crippen LogP contribution in [0.15, 0.2) is 18.2 Å². The summed E-state index contributed by atoms with van der Waals surface area (Å²) in [5, 5.41) is 20.2. The SMILES string of the molecule is CNc1ccc(F)c(B(O)O)c1. The molecule has 0 saturated heterocycles. The quantitative estimate of drug-likeness (QED) is 0.525. The summed E-state index contributed by atoms with van der Waals surface area (Å²) in [6, 6.07) is 4.04. The molecule has 1 rings (SSSR count). The van der Waals surface area contributed by atoms with E-state index in [0.29, 0.717) is 5.69 Å². The minimum absolute atomic E-state index is 0.123. The molecule has 0 bridgehead atoms. The van der Waals surface area contributed by atoms with Crippen LogP contribution in [0, 0.1) is 5.82 Å². The van der Waals surface area contributed by atoms with E-state index in [-0.39, 0.29) is 5.46 Å². The monoisotopic (exact) mass is 169 g/mol. The lowest BCUT2D eigenvalue weighted by molar-refractivity contribution is 0.423. The van der Waals surface area contributed by atoms with Gasteiger partial charge in [-0.2, -0.15) is 0 Å². The van der Waals surface area contributed by atoms with Crippen LogP contribution in [0.2, 0.25) is 0 Å². The predicted octanol–water partition coefficient (Wildman–Crippen LogP) is -0.453. The third-order valence-electron chi connectivity index (χ3n) is 1.56. The number of benzene rings is 1. The van der Waals surface area contributed by atoms with Crippen LogP contribution in [-0.2, 0) is 0 Å². The predicted molar refractivity (Wildman–Crippen MR) is 45.8 cm³/mol. The van der Waals surface area contributed by atoms with E-state index in [0.717, 1.165) is 0 Å². The minimum atomic E-state index is -1.77. The molecule has 0 aliphatic heterocycles. The summed E-state index contributed by atoms with van der Waals surface area (Å²) in [6.45, 7) is 0. The molecule has 3 N–H and O–H groups in total. The number of anilines is 1. The van der Waals surface area contributed by atoms with E-state index >= 15 is 0 Å². The number of rotatable bonds is 2. The highest BCUT2D eigenvalue weighted by molar-refractivity contribution is 6.58. The summed E-state index contributed by atoms with van der Waals surface area (Å²) in [4.78, 5) is 0. The summed E-state index contributed by atoms with van der Waals surface area (Å²) < 4.78 is 12.8. The Morgan fingerprint density at radius 1 is 1.42 bits per heavy atom. The molecule has 0 aliphatic carbocycles. The van der Waals surface area contributed by atoms with Crippen molar-refractivity contribution in [2.45, 2.75) is 0 Å². The minimum Gasteiger partial charge on any atom is -0.423 e. The first-order valence-corrected chi connectivity index (χ1v) is 3.48. The topological polar surface area (TPSA) is 52.5 Å². The first-order chi connectivity index (χ1) is 5.65. The second kappa shape index (κ2) is 3.56. The Balaban J connectivity index is 3.08. The molecule has 12 heavy (non-hydrogen) atoms. The van der Waals surface area contributed by atoms with Crippen LogP contribution in [0.4, 0.5) is 10.1 Å². The molecule has 1 aromatic carbocycles. The van der Waals surface area contributed by atoms with Crippen molar-refractivity contribution >= 4 is 18.3 Å². The number of halogens is 1. The highest BCUT2D eigenvalue weighted by Crippen LogP contribution is 2.05. The number of hydrogen-bond acceptors (Lipinski definition) is 3. The molecular weight excluding hydrogens is 160 g/mol. The maximum atomic E-state index is 12.8. The Morgan fingerprint density at radius 3 is 2.58 bits per heavy atom. The molecule has 0 aliphatic rings. The van der Waals surface area contributed by atoms with Gasteiger partial charge >= 0.3 is 7.12 Å². The molecule has 64 valence electrons. The molecule has 0 unspecified atom stereocenters. The fraction of sp³-hybridized carbons (Fsp3) is 0.143. The fourth-order valence-corrected chi connectivity index (χ4v) is 0.897. The lowest BCUT2D eigenvalue weighted by atomic mass is 9.79. The molecule has 0 amide bonds. The molecule has 1 aromatic rings. The Labute approximate surface area is 70.0 Å². The Morgan fingerprint density at radius 2 is 2.08 bits per heavy atom. The second-order valence-electron chi connectivity index (χ2n) is 2.36. The van der Waals surface area contributed by atoms with Crippen LogP contribution in [0.25, 0.3) is 0 Å². The van der Waals surface area contributed by atoms with E-state index in [9.17, 15) is 4.39 Å². The van der Waals surface area contributed by atoms with Gasteiger partial charge in [-0.25, -0.2) is 4.39 Å². The zero-order chi connectivity index (χ0) is 9.14. The van der Waals surface area contributed by atoms with Gasteiger partial charge in [0.2, 0.25) is 0 Å². The normalized spacial score (nSPS) is 9.67. The van der Waals surface area contributed by atoms with Crippen molar-refractivity contribution in [2.75, 3.05) is 12.4 Å². The maximum absolute atomic E-state index is 12.8. The second-order valence-corrected chi connectivity index (χ2v) is 2.36. The van der Waals surface area contributed by atoms with Gasteiger partial charge in [0.25, 0.3) is 0 Å². The van der Waals surface area contributed by atoms with E-state index in [1.807, 2.05) is 0 Å². The van der Waals surface area contributed by atoms with Crippen molar-refractivity contribution < 1.29 is 14.4 Å².